The number of ketones is 1. The Morgan fingerprint density at radius 1 is 1.11 bits per heavy atom. The number of amides is 1. The number of carbonyl (C=O) groups is 2. The van der Waals surface area contributed by atoms with Crippen molar-refractivity contribution in [2.24, 2.45) is 0 Å². The van der Waals surface area contributed by atoms with Gasteiger partial charge in [0.2, 0.25) is 0 Å². The highest BCUT2D eigenvalue weighted by atomic mass is 35.5. The van der Waals surface area contributed by atoms with Gasteiger partial charge < -0.3 is 15.0 Å². The molecule has 1 amide bonds. The van der Waals surface area contributed by atoms with Crippen LogP contribution in [-0.4, -0.2) is 49.4 Å². The van der Waals surface area contributed by atoms with E-state index >= 15 is 0 Å². The summed E-state index contributed by atoms with van der Waals surface area (Å²) in [4.78, 5) is 26.6. The van der Waals surface area contributed by atoms with Crippen LogP contribution in [0.2, 0.25) is 5.02 Å². The Hall–Kier alpha value is -2.08. The van der Waals surface area contributed by atoms with E-state index in [4.69, 9.17) is 16.3 Å². The van der Waals surface area contributed by atoms with Crippen LogP contribution < -0.4 is 10.1 Å². The summed E-state index contributed by atoms with van der Waals surface area (Å²) in [5.74, 6) is 0.468. The van der Waals surface area contributed by atoms with Crippen LogP contribution in [0, 0.1) is 0 Å². The predicted octanol–water partition coefficient (Wildman–Crippen LogP) is 3.58. The highest BCUT2D eigenvalue weighted by Gasteiger charge is 2.22. The zero-order valence-electron chi connectivity index (χ0n) is 15.7. The van der Waals surface area contributed by atoms with Gasteiger partial charge in [0.15, 0.2) is 12.4 Å². The van der Waals surface area contributed by atoms with Crippen molar-refractivity contribution in [1.29, 1.82) is 0 Å². The first-order chi connectivity index (χ1) is 13.1. The molecule has 28 heavy (non-hydrogen) atoms. The standard InChI is InChI=1S/C21H23ClN2O3.ClH/c1-23-18-3-2-12-24(13-18)20(25)14-27-19-10-6-16(7-11-19)21(26)15-4-8-17(22)9-5-15;/h4-11,18,23H,2-3,12-14H2,1H3;1H. The van der Waals surface area contributed by atoms with Gasteiger partial charge in [-0.2, -0.15) is 0 Å². The molecule has 0 radical (unpaired) electrons. The number of nitrogens with one attached hydrogen (secondary N) is 1. The summed E-state index contributed by atoms with van der Waals surface area (Å²) in [6, 6.07) is 14.0. The molecule has 5 nitrogen and oxygen atoms in total. The summed E-state index contributed by atoms with van der Waals surface area (Å²) in [7, 11) is 1.92. The van der Waals surface area contributed by atoms with Gasteiger partial charge in [-0.1, -0.05) is 11.6 Å². The van der Waals surface area contributed by atoms with Crippen molar-refractivity contribution in [1.82, 2.24) is 10.2 Å². The molecular weight excluding hydrogens is 399 g/mol. The molecule has 1 saturated heterocycles. The largest absolute Gasteiger partial charge is 0.484 e. The minimum absolute atomic E-state index is 0. The lowest BCUT2D eigenvalue weighted by Crippen LogP contribution is -2.48. The third kappa shape index (κ3) is 5.71. The Bertz CT molecular complexity index is 794. The van der Waals surface area contributed by atoms with Crippen LogP contribution in [0.25, 0.3) is 0 Å². The van der Waals surface area contributed by atoms with Crippen molar-refractivity contribution in [3.05, 3.63) is 64.7 Å². The van der Waals surface area contributed by atoms with E-state index in [9.17, 15) is 9.59 Å². The summed E-state index contributed by atoms with van der Waals surface area (Å²) in [6.07, 6.45) is 2.09. The van der Waals surface area contributed by atoms with E-state index in [0.717, 1.165) is 19.4 Å². The van der Waals surface area contributed by atoms with Crippen molar-refractivity contribution < 1.29 is 14.3 Å². The van der Waals surface area contributed by atoms with Gasteiger partial charge in [0.25, 0.3) is 5.91 Å². The molecule has 1 N–H and O–H groups in total. The van der Waals surface area contributed by atoms with Crippen LogP contribution in [0.3, 0.4) is 0 Å². The van der Waals surface area contributed by atoms with Crippen molar-refractivity contribution >= 4 is 35.7 Å². The molecule has 0 saturated carbocycles. The Morgan fingerprint density at radius 2 is 1.71 bits per heavy atom. The molecular formula is C21H24Cl2N2O3. The first kappa shape index (κ1) is 22.2. The number of carbonyl (C=O) groups excluding carboxylic acids is 2. The fourth-order valence-electron chi connectivity index (χ4n) is 3.15. The summed E-state index contributed by atoms with van der Waals surface area (Å²) in [5.41, 5.74) is 1.14. The zero-order chi connectivity index (χ0) is 19.2. The normalized spacial score (nSPS) is 16.2. The lowest BCUT2D eigenvalue weighted by atomic mass is 10.0. The average Bonchev–Trinajstić information content (AvgIpc) is 2.72. The van der Waals surface area contributed by atoms with Gasteiger partial charge in [0, 0.05) is 35.3 Å². The highest BCUT2D eigenvalue weighted by molar-refractivity contribution is 6.30. The van der Waals surface area contributed by atoms with Crippen LogP contribution >= 0.6 is 24.0 Å². The number of benzene rings is 2. The monoisotopic (exact) mass is 422 g/mol. The fourth-order valence-corrected chi connectivity index (χ4v) is 3.27. The van der Waals surface area contributed by atoms with E-state index in [1.54, 1.807) is 48.5 Å². The summed E-state index contributed by atoms with van der Waals surface area (Å²) in [5, 5.41) is 3.81. The number of piperidine rings is 1. The van der Waals surface area contributed by atoms with Crippen molar-refractivity contribution in [2.45, 2.75) is 18.9 Å². The SMILES string of the molecule is CNC1CCCN(C(=O)COc2ccc(C(=O)c3ccc(Cl)cc3)cc2)C1.Cl. The number of hydrogen-bond acceptors (Lipinski definition) is 4. The predicted molar refractivity (Wildman–Crippen MR) is 113 cm³/mol. The maximum absolute atomic E-state index is 12.5. The third-order valence-electron chi connectivity index (χ3n) is 4.77. The maximum Gasteiger partial charge on any atom is 0.260 e. The molecule has 2 aromatic carbocycles. The van der Waals surface area contributed by atoms with Crippen molar-refractivity contribution in [3.8, 4) is 5.75 Å². The molecule has 0 bridgehead atoms. The Morgan fingerprint density at radius 3 is 2.32 bits per heavy atom. The molecule has 0 aromatic heterocycles. The Balaban J connectivity index is 0.00000280. The number of nitrogens with zero attached hydrogens (tertiary/aromatic N) is 1. The van der Waals surface area contributed by atoms with Crippen LogP contribution in [0.4, 0.5) is 0 Å². The van der Waals surface area contributed by atoms with E-state index in [1.165, 1.54) is 0 Å². The molecule has 1 heterocycles. The number of hydrogen-bond donors (Lipinski definition) is 1. The Kier molecular flexibility index (Phi) is 8.30. The topological polar surface area (TPSA) is 58.6 Å². The van der Waals surface area contributed by atoms with Crippen LogP contribution in [0.5, 0.6) is 5.75 Å². The zero-order valence-corrected chi connectivity index (χ0v) is 17.3. The molecule has 150 valence electrons. The van der Waals surface area contributed by atoms with E-state index in [1.807, 2.05) is 11.9 Å². The van der Waals surface area contributed by atoms with Crippen LogP contribution in [0.15, 0.2) is 48.5 Å². The molecule has 2 aromatic rings. The molecule has 0 spiro atoms. The van der Waals surface area contributed by atoms with Gasteiger partial charge in [-0.3, -0.25) is 9.59 Å². The molecule has 0 aliphatic carbocycles. The minimum atomic E-state index is -0.0827. The molecule has 7 heteroatoms. The van der Waals surface area contributed by atoms with Crippen LogP contribution in [0.1, 0.15) is 28.8 Å². The van der Waals surface area contributed by atoms with Gasteiger partial charge in [0.1, 0.15) is 5.75 Å². The smallest absolute Gasteiger partial charge is 0.260 e. The number of rotatable bonds is 6. The second kappa shape index (κ2) is 10.5. The van der Waals surface area contributed by atoms with Gasteiger partial charge in [-0.05, 0) is 68.4 Å². The molecule has 1 aliphatic rings. The fraction of sp³-hybridized carbons (Fsp3) is 0.333. The molecule has 3 rings (SSSR count). The van der Waals surface area contributed by atoms with Crippen molar-refractivity contribution in [3.63, 3.8) is 0 Å². The first-order valence-corrected chi connectivity index (χ1v) is 9.43. The number of ether oxygens (including phenoxy) is 1. The van der Waals surface area contributed by atoms with Gasteiger partial charge in [-0.15, -0.1) is 12.4 Å². The molecule has 1 aliphatic heterocycles. The van der Waals surface area contributed by atoms with Crippen molar-refractivity contribution in [2.75, 3.05) is 26.7 Å². The highest BCUT2D eigenvalue weighted by Crippen LogP contribution is 2.18. The molecule has 1 fully saturated rings. The van der Waals surface area contributed by atoms with E-state index in [2.05, 4.69) is 5.32 Å². The number of likely N-dealkylation sites (N-methyl/N-ethyl adjacent to an activating group) is 1. The van der Waals surface area contributed by atoms with E-state index < -0.39 is 0 Å². The lowest BCUT2D eigenvalue weighted by molar-refractivity contribution is -0.134. The number of halogens is 2. The second-order valence-corrected chi connectivity index (χ2v) is 7.05. The van der Waals surface area contributed by atoms with E-state index in [0.29, 0.717) is 34.5 Å². The van der Waals surface area contributed by atoms with Crippen LogP contribution in [-0.2, 0) is 4.79 Å². The summed E-state index contributed by atoms with van der Waals surface area (Å²) in [6.45, 7) is 1.49. The Labute approximate surface area is 176 Å². The minimum Gasteiger partial charge on any atom is -0.484 e. The van der Waals surface area contributed by atoms with Gasteiger partial charge in [-0.25, -0.2) is 0 Å². The summed E-state index contributed by atoms with van der Waals surface area (Å²) >= 11 is 5.85. The third-order valence-corrected chi connectivity index (χ3v) is 5.02. The molecule has 1 atom stereocenters. The van der Waals surface area contributed by atoms with Gasteiger partial charge >= 0.3 is 0 Å². The first-order valence-electron chi connectivity index (χ1n) is 9.05. The van der Waals surface area contributed by atoms with E-state index in [-0.39, 0.29) is 30.7 Å². The summed E-state index contributed by atoms with van der Waals surface area (Å²) < 4.78 is 5.61. The maximum atomic E-state index is 12.5. The quantitative estimate of drug-likeness (QED) is 0.722. The average molecular weight is 423 g/mol. The lowest BCUT2D eigenvalue weighted by Gasteiger charge is -2.32. The molecule has 1 unspecified atom stereocenters. The van der Waals surface area contributed by atoms with Gasteiger partial charge in [0.05, 0.1) is 0 Å². The second-order valence-electron chi connectivity index (χ2n) is 6.62. The number of likely N-dealkylation sites (tertiary alicyclic amines) is 1.